The molecule has 0 spiro atoms. The van der Waals surface area contributed by atoms with Gasteiger partial charge in [0.15, 0.2) is 0 Å². The molecule has 2 aliphatic rings. The summed E-state index contributed by atoms with van der Waals surface area (Å²) < 4.78 is 0. The number of alkyl halides is 1. The first-order valence-corrected chi connectivity index (χ1v) is 14.7. The lowest BCUT2D eigenvalue weighted by molar-refractivity contribution is -0.140. The van der Waals surface area contributed by atoms with Gasteiger partial charge in [-0.25, -0.2) is 0 Å². The van der Waals surface area contributed by atoms with Gasteiger partial charge in [0.1, 0.15) is 6.04 Å². The molecule has 0 aromatic heterocycles. The van der Waals surface area contributed by atoms with Crippen molar-refractivity contribution in [1.82, 2.24) is 20.0 Å². The van der Waals surface area contributed by atoms with Crippen LogP contribution in [0.25, 0.3) is 0 Å². The number of likely N-dealkylation sites (N-methyl/N-ethyl adjacent to an activating group) is 1. The zero-order valence-electron chi connectivity index (χ0n) is 23.7. The van der Waals surface area contributed by atoms with Gasteiger partial charge in [0.05, 0.1) is 12.1 Å². The van der Waals surface area contributed by atoms with E-state index in [2.05, 4.69) is 53.8 Å². The van der Waals surface area contributed by atoms with E-state index in [0.29, 0.717) is 10.4 Å². The van der Waals surface area contributed by atoms with E-state index in [1.165, 1.54) is 0 Å². The van der Waals surface area contributed by atoms with E-state index in [1.807, 2.05) is 31.7 Å². The Bertz CT molecular complexity index is 790. The van der Waals surface area contributed by atoms with E-state index in [-0.39, 0.29) is 47.7 Å². The smallest absolute Gasteiger partial charge is 0.249 e. The number of halogens is 1. The van der Waals surface area contributed by atoms with Crippen molar-refractivity contribution in [3.63, 3.8) is 0 Å². The van der Waals surface area contributed by atoms with Crippen LogP contribution in [0.4, 0.5) is 0 Å². The first-order chi connectivity index (χ1) is 16.8. The van der Waals surface area contributed by atoms with Gasteiger partial charge in [-0.1, -0.05) is 56.1 Å². The molecule has 2 aliphatic heterocycles. The first kappa shape index (κ1) is 30.8. The molecule has 0 saturated carbocycles. The van der Waals surface area contributed by atoms with Crippen LogP contribution in [0, 0.1) is 11.8 Å². The number of carbonyl (C=O) groups is 3. The van der Waals surface area contributed by atoms with Crippen LogP contribution in [-0.2, 0) is 14.4 Å². The highest BCUT2D eigenvalue weighted by Gasteiger charge is 2.36. The van der Waals surface area contributed by atoms with Crippen molar-refractivity contribution in [2.45, 2.75) is 110 Å². The molecule has 0 aromatic rings. The molecule has 2 rings (SSSR count). The number of nitrogens with one attached hydrogen (secondary N) is 1. The maximum absolute atomic E-state index is 13.7. The predicted molar refractivity (Wildman–Crippen MR) is 150 cm³/mol. The van der Waals surface area contributed by atoms with Crippen LogP contribution in [0.15, 0.2) is 11.6 Å². The van der Waals surface area contributed by atoms with Crippen LogP contribution in [0.3, 0.4) is 0 Å². The molecule has 0 aromatic carbocycles. The van der Waals surface area contributed by atoms with Gasteiger partial charge in [0, 0.05) is 36.6 Å². The van der Waals surface area contributed by atoms with Crippen molar-refractivity contribution in [3.05, 3.63) is 11.6 Å². The third-order valence-electron chi connectivity index (χ3n) is 7.69. The van der Waals surface area contributed by atoms with Crippen molar-refractivity contribution in [1.29, 1.82) is 0 Å². The molecule has 0 bridgehead atoms. The molecule has 1 N–H and O–H groups in total. The fourth-order valence-corrected chi connectivity index (χ4v) is 5.77. The third kappa shape index (κ3) is 8.04. The predicted octanol–water partition coefficient (Wildman–Crippen LogP) is 4.21. The van der Waals surface area contributed by atoms with E-state index < -0.39 is 6.04 Å². The van der Waals surface area contributed by atoms with Gasteiger partial charge in [-0.05, 0) is 64.8 Å². The molecule has 0 aliphatic carbocycles. The Kier molecular flexibility index (Phi) is 11.9. The largest absolute Gasteiger partial charge is 0.343 e. The highest BCUT2D eigenvalue weighted by Crippen LogP contribution is 2.23. The summed E-state index contributed by atoms with van der Waals surface area (Å²) in [6, 6.07) is -0.757. The Morgan fingerprint density at radius 2 is 1.56 bits per heavy atom. The first-order valence-electron chi connectivity index (χ1n) is 13.8. The van der Waals surface area contributed by atoms with Crippen LogP contribution in [-0.4, -0.2) is 88.1 Å². The number of nitrogens with zero attached hydrogens (tertiary/aromatic N) is 3. The minimum Gasteiger partial charge on any atom is -0.343 e. The number of carbonyl (C=O) groups excluding carboxylic acids is 3. The zero-order chi connectivity index (χ0) is 27.2. The number of likely N-dealkylation sites (tertiary alicyclic amines) is 2. The van der Waals surface area contributed by atoms with Crippen LogP contribution in [0.5, 0.6) is 0 Å². The Hall–Kier alpha value is -1.41. The third-order valence-corrected chi connectivity index (χ3v) is 8.60. The van der Waals surface area contributed by atoms with E-state index >= 15 is 0 Å². The lowest BCUT2D eigenvalue weighted by Crippen LogP contribution is -2.58. The Morgan fingerprint density at radius 1 is 0.944 bits per heavy atom. The fraction of sp³-hybridized carbons (Fsp3) is 0.821. The topological polar surface area (TPSA) is 73.0 Å². The normalized spacial score (nSPS) is 22.2. The molecular formula is C28H49BrN4O3. The van der Waals surface area contributed by atoms with Crippen molar-refractivity contribution in [3.8, 4) is 0 Å². The quantitative estimate of drug-likeness (QED) is 0.334. The summed E-state index contributed by atoms with van der Waals surface area (Å²) in [5.74, 6) is -0.0541. The van der Waals surface area contributed by atoms with Crippen LogP contribution >= 0.6 is 15.9 Å². The van der Waals surface area contributed by atoms with Crippen molar-refractivity contribution >= 4 is 33.7 Å². The van der Waals surface area contributed by atoms with Crippen LogP contribution in [0.1, 0.15) is 80.6 Å². The number of hydrogen-bond acceptors (Lipinski definition) is 4. The van der Waals surface area contributed by atoms with Crippen LogP contribution in [0.2, 0.25) is 0 Å². The summed E-state index contributed by atoms with van der Waals surface area (Å²) in [5.41, 5.74) is 0.668. The molecular weight excluding hydrogens is 520 g/mol. The summed E-state index contributed by atoms with van der Waals surface area (Å²) >= 11 is 3.64. The molecule has 206 valence electrons. The number of hydrogen-bond donors (Lipinski definition) is 1. The summed E-state index contributed by atoms with van der Waals surface area (Å²) in [4.78, 5) is 46.5. The molecule has 3 atom stereocenters. The van der Waals surface area contributed by atoms with Gasteiger partial charge in [0.2, 0.25) is 17.7 Å². The minimum atomic E-state index is -0.609. The average Bonchev–Trinajstić information content (AvgIpc) is 2.84. The van der Waals surface area contributed by atoms with Crippen molar-refractivity contribution in [2.75, 3.05) is 26.7 Å². The van der Waals surface area contributed by atoms with Gasteiger partial charge >= 0.3 is 0 Å². The van der Waals surface area contributed by atoms with E-state index in [1.54, 1.807) is 11.9 Å². The van der Waals surface area contributed by atoms with E-state index in [0.717, 1.165) is 51.7 Å². The highest BCUT2D eigenvalue weighted by molar-refractivity contribution is 9.09. The maximum Gasteiger partial charge on any atom is 0.249 e. The molecule has 0 radical (unpaired) electrons. The molecule has 0 unspecified atom stereocenters. The van der Waals surface area contributed by atoms with E-state index in [9.17, 15) is 14.4 Å². The van der Waals surface area contributed by atoms with Gasteiger partial charge in [-0.2, -0.15) is 0 Å². The lowest BCUT2D eigenvalue weighted by atomic mass is 9.95. The number of amides is 3. The van der Waals surface area contributed by atoms with Gasteiger partial charge in [-0.3, -0.25) is 19.3 Å². The van der Waals surface area contributed by atoms with Crippen LogP contribution < -0.4 is 5.32 Å². The van der Waals surface area contributed by atoms with Gasteiger partial charge in [0.25, 0.3) is 0 Å². The highest BCUT2D eigenvalue weighted by atomic mass is 79.9. The second-order valence-electron chi connectivity index (χ2n) is 11.6. The standard InChI is InChI=1S/C28H49BrN4O3/c1-18(2)24(17-21(7)27(35)32-15-12-22(29)13-16-32)31(8)28(36)25(19(3)4)30-26(34)23-11-9-10-14-33(23)20(5)6/h17-20,22-25H,9-16H2,1-8H3,(H,30,34)/t23-,24-,25+/m1/s1. The molecule has 2 heterocycles. The summed E-state index contributed by atoms with van der Waals surface area (Å²) in [6.45, 7) is 16.6. The van der Waals surface area contributed by atoms with Gasteiger partial charge < -0.3 is 15.1 Å². The molecule has 7 nitrogen and oxygen atoms in total. The van der Waals surface area contributed by atoms with Crippen molar-refractivity contribution in [2.24, 2.45) is 11.8 Å². The Morgan fingerprint density at radius 3 is 2.08 bits per heavy atom. The maximum atomic E-state index is 13.7. The Balaban J connectivity index is 2.16. The molecule has 3 amide bonds. The summed E-state index contributed by atoms with van der Waals surface area (Å²) in [5, 5.41) is 3.11. The number of piperidine rings is 2. The molecule has 36 heavy (non-hydrogen) atoms. The second-order valence-corrected chi connectivity index (χ2v) is 12.9. The minimum absolute atomic E-state index is 0.0423. The fourth-order valence-electron chi connectivity index (χ4n) is 5.36. The monoisotopic (exact) mass is 568 g/mol. The average molecular weight is 570 g/mol. The van der Waals surface area contributed by atoms with Gasteiger partial charge in [-0.15, -0.1) is 0 Å². The summed E-state index contributed by atoms with van der Waals surface area (Å²) in [7, 11) is 1.79. The Labute approximate surface area is 227 Å². The SMILES string of the molecule is CC(=C[C@H](C(C)C)N(C)C(=O)[C@@H](NC(=O)[C@H]1CCCCN1C(C)C)C(C)C)C(=O)N1CCC(Br)CC1. The second kappa shape index (κ2) is 13.9. The summed E-state index contributed by atoms with van der Waals surface area (Å²) in [6.07, 6.45) is 6.80. The van der Waals surface area contributed by atoms with E-state index in [4.69, 9.17) is 0 Å². The molecule has 2 saturated heterocycles. The zero-order valence-corrected chi connectivity index (χ0v) is 25.3. The molecule has 8 heteroatoms. The lowest BCUT2D eigenvalue weighted by Gasteiger charge is -2.39. The van der Waals surface area contributed by atoms with Crippen molar-refractivity contribution < 1.29 is 14.4 Å². The molecule has 2 fully saturated rings. The number of rotatable bonds is 9.